The Bertz CT molecular complexity index is 1240. The minimum Gasteiger partial charge on any atom is -0.399 e. The van der Waals surface area contributed by atoms with Crippen LogP contribution >= 0.6 is 10.0 Å². The zero-order chi connectivity index (χ0) is 26.5. The smallest absolute Gasteiger partial charge is 0.399 e. The van der Waals surface area contributed by atoms with Crippen LogP contribution < -0.4 is 5.46 Å². The van der Waals surface area contributed by atoms with Crippen molar-refractivity contribution in [2.45, 2.75) is 45.6 Å². The molecule has 0 unspecified atom stereocenters. The number of benzene rings is 1. The van der Waals surface area contributed by atoms with Crippen LogP contribution in [0.1, 0.15) is 27.7 Å². The van der Waals surface area contributed by atoms with E-state index in [0.717, 1.165) is 5.75 Å². The maximum absolute atomic E-state index is 15.6. The SMILES string of the molecule is Cn1nccc1-c1nn(COCCS(C)(C)C)cc1-c1ccc(B2OC(C)(C)C(C)(C)O2)c(F)c1F. The highest BCUT2D eigenvalue weighted by Crippen LogP contribution is 2.38. The maximum atomic E-state index is 15.6. The lowest BCUT2D eigenvalue weighted by Gasteiger charge is -2.32. The van der Waals surface area contributed by atoms with Crippen LogP contribution in [0.25, 0.3) is 22.5 Å². The van der Waals surface area contributed by atoms with E-state index >= 15 is 8.78 Å². The van der Waals surface area contributed by atoms with Gasteiger partial charge < -0.3 is 14.0 Å². The molecule has 0 N–H and O–H groups in total. The fourth-order valence-corrected chi connectivity index (χ4v) is 4.49. The molecule has 0 bridgehead atoms. The second-order valence-electron chi connectivity index (χ2n) is 11.0. The molecule has 36 heavy (non-hydrogen) atoms. The van der Waals surface area contributed by atoms with E-state index in [1.54, 1.807) is 40.9 Å². The average Bonchev–Trinajstić information content (AvgIpc) is 3.42. The Morgan fingerprint density at radius 1 is 1.00 bits per heavy atom. The Labute approximate surface area is 213 Å². The minimum atomic E-state index is -1.00. The lowest BCUT2D eigenvalue weighted by molar-refractivity contribution is 0.00578. The molecule has 4 rings (SSSR count). The van der Waals surface area contributed by atoms with Gasteiger partial charge in [0.1, 0.15) is 12.4 Å². The van der Waals surface area contributed by atoms with Crippen LogP contribution in [0.4, 0.5) is 8.78 Å². The number of aryl methyl sites for hydroxylation is 1. The fourth-order valence-electron chi connectivity index (χ4n) is 3.87. The van der Waals surface area contributed by atoms with Crippen LogP contribution in [-0.2, 0) is 27.8 Å². The molecule has 0 saturated carbocycles. The zero-order valence-electron chi connectivity index (χ0n) is 22.3. The summed E-state index contributed by atoms with van der Waals surface area (Å²) in [6.07, 6.45) is 10.0. The van der Waals surface area contributed by atoms with Crippen molar-refractivity contribution in [2.75, 3.05) is 31.1 Å². The summed E-state index contributed by atoms with van der Waals surface area (Å²) < 4.78 is 52.0. The first kappa shape index (κ1) is 26.8. The molecule has 0 radical (unpaired) electrons. The first-order chi connectivity index (χ1) is 16.7. The minimum absolute atomic E-state index is 0.0254. The van der Waals surface area contributed by atoms with Crippen molar-refractivity contribution >= 4 is 22.6 Å². The summed E-state index contributed by atoms with van der Waals surface area (Å²) >= 11 is 0. The van der Waals surface area contributed by atoms with Crippen LogP contribution in [-0.4, -0.2) is 69.0 Å². The van der Waals surface area contributed by atoms with Crippen molar-refractivity contribution in [2.24, 2.45) is 7.05 Å². The van der Waals surface area contributed by atoms with E-state index in [0.29, 0.717) is 23.6 Å². The molecule has 196 valence electrons. The second kappa shape index (κ2) is 9.59. The number of aromatic nitrogens is 4. The van der Waals surface area contributed by atoms with E-state index < -0.39 is 40.0 Å². The summed E-state index contributed by atoms with van der Waals surface area (Å²) in [5, 5.41) is 8.84. The summed E-state index contributed by atoms with van der Waals surface area (Å²) in [6.45, 7) is 8.28. The Morgan fingerprint density at radius 2 is 1.67 bits per heavy atom. The quantitative estimate of drug-likeness (QED) is 0.329. The van der Waals surface area contributed by atoms with E-state index in [1.807, 2.05) is 27.7 Å². The molecule has 2 aromatic heterocycles. The van der Waals surface area contributed by atoms with Crippen molar-refractivity contribution in [3.05, 3.63) is 42.2 Å². The maximum Gasteiger partial charge on any atom is 0.497 e. The van der Waals surface area contributed by atoms with Crippen LogP contribution in [0.2, 0.25) is 0 Å². The van der Waals surface area contributed by atoms with Crippen molar-refractivity contribution in [3.8, 4) is 22.5 Å². The monoisotopic (exact) mass is 520 g/mol. The molecule has 1 aliphatic heterocycles. The Hall–Kier alpha value is -2.21. The molecule has 1 fully saturated rings. The van der Waals surface area contributed by atoms with E-state index in [1.165, 1.54) is 6.07 Å². The average molecular weight is 520 g/mol. The molecule has 1 aromatic carbocycles. The third kappa shape index (κ3) is 5.25. The van der Waals surface area contributed by atoms with Gasteiger partial charge in [0.2, 0.25) is 0 Å². The van der Waals surface area contributed by atoms with Gasteiger partial charge in [-0.3, -0.25) is 4.68 Å². The molecule has 0 spiro atoms. The number of nitrogens with zero attached hydrogens (tertiary/aromatic N) is 4. The largest absolute Gasteiger partial charge is 0.497 e. The lowest BCUT2D eigenvalue weighted by atomic mass is 9.77. The van der Waals surface area contributed by atoms with Gasteiger partial charge in [-0.2, -0.15) is 10.2 Å². The predicted octanol–water partition coefficient (Wildman–Crippen LogP) is 4.20. The van der Waals surface area contributed by atoms with Crippen molar-refractivity contribution < 1.29 is 22.8 Å². The number of ether oxygens (including phenoxy) is 1. The number of halogens is 2. The van der Waals surface area contributed by atoms with Gasteiger partial charge >= 0.3 is 7.12 Å². The van der Waals surface area contributed by atoms with Gasteiger partial charge in [-0.25, -0.2) is 23.5 Å². The molecule has 0 amide bonds. The number of hydrogen-bond acceptors (Lipinski definition) is 5. The first-order valence-corrected chi connectivity index (χ1v) is 14.9. The van der Waals surface area contributed by atoms with E-state index in [2.05, 4.69) is 29.0 Å². The molecule has 11 heteroatoms. The van der Waals surface area contributed by atoms with Crippen molar-refractivity contribution in [1.29, 1.82) is 0 Å². The zero-order valence-corrected chi connectivity index (χ0v) is 23.1. The van der Waals surface area contributed by atoms with Gasteiger partial charge in [-0.1, -0.05) is 12.1 Å². The number of hydrogen-bond donors (Lipinski definition) is 0. The molecular formula is C25H35BF2N4O3S. The van der Waals surface area contributed by atoms with Gasteiger partial charge in [-0.15, -0.1) is 0 Å². The van der Waals surface area contributed by atoms with Crippen LogP contribution in [0.15, 0.2) is 30.6 Å². The molecular weight excluding hydrogens is 485 g/mol. The van der Waals surface area contributed by atoms with Gasteiger partial charge in [-0.05, 0) is 52.5 Å². The van der Waals surface area contributed by atoms with E-state index in [9.17, 15) is 0 Å². The second-order valence-corrected chi connectivity index (χ2v) is 15.6. The molecule has 7 nitrogen and oxygen atoms in total. The summed E-state index contributed by atoms with van der Waals surface area (Å²) in [7, 11) is 0.0934. The highest BCUT2D eigenvalue weighted by molar-refractivity contribution is 8.32. The topological polar surface area (TPSA) is 63.3 Å². The highest BCUT2D eigenvalue weighted by Gasteiger charge is 2.52. The standard InChI is InChI=1S/C25H35BF2N4O3S/c1-24(2)25(3,4)35-26(34-24)19-10-9-17(21(27)22(19)28)18-15-32(16-33-13-14-36(6,7)8)30-23(18)20-11-12-29-31(20)5/h9-12,15H,13-14,16H2,1-8H3. The summed E-state index contributed by atoms with van der Waals surface area (Å²) in [5.74, 6) is -1.02. The predicted molar refractivity (Wildman–Crippen MR) is 142 cm³/mol. The molecule has 0 aliphatic carbocycles. The molecule has 1 aliphatic rings. The first-order valence-electron chi connectivity index (χ1n) is 11.8. The van der Waals surface area contributed by atoms with E-state index in [4.69, 9.17) is 14.0 Å². The van der Waals surface area contributed by atoms with Crippen molar-refractivity contribution in [1.82, 2.24) is 19.6 Å². The van der Waals surface area contributed by atoms with E-state index in [-0.39, 0.29) is 17.8 Å². The lowest BCUT2D eigenvalue weighted by Crippen LogP contribution is -2.41. The Morgan fingerprint density at radius 3 is 2.25 bits per heavy atom. The van der Waals surface area contributed by atoms with Gasteiger partial charge in [0.15, 0.2) is 11.6 Å². The van der Waals surface area contributed by atoms with Crippen LogP contribution in [0, 0.1) is 11.6 Å². The van der Waals surface area contributed by atoms with Gasteiger partial charge in [0.05, 0.1) is 23.5 Å². The summed E-state index contributed by atoms with van der Waals surface area (Å²) in [4.78, 5) is 0. The normalized spacial score (nSPS) is 17.7. The van der Waals surface area contributed by atoms with Gasteiger partial charge in [0, 0.05) is 41.8 Å². The van der Waals surface area contributed by atoms with Gasteiger partial charge in [0.25, 0.3) is 0 Å². The Kier molecular flexibility index (Phi) is 7.15. The molecule has 0 atom stereocenters. The molecule has 1 saturated heterocycles. The molecule has 3 heterocycles. The Balaban J connectivity index is 1.68. The summed E-state index contributed by atoms with van der Waals surface area (Å²) in [5.41, 5.74) is 0.398. The highest BCUT2D eigenvalue weighted by atomic mass is 32.3. The number of rotatable bonds is 8. The van der Waals surface area contributed by atoms with Crippen LogP contribution in [0.3, 0.4) is 0 Å². The third-order valence-corrected chi connectivity index (χ3v) is 8.19. The van der Waals surface area contributed by atoms with Crippen molar-refractivity contribution in [3.63, 3.8) is 0 Å². The van der Waals surface area contributed by atoms with Crippen LogP contribution in [0.5, 0.6) is 0 Å². The summed E-state index contributed by atoms with van der Waals surface area (Å²) in [6, 6.07) is 4.85. The third-order valence-electron chi connectivity index (χ3n) is 6.80. The fraction of sp³-hybridized carbons (Fsp3) is 0.520. The molecule has 3 aromatic rings.